The summed E-state index contributed by atoms with van der Waals surface area (Å²) in [4.78, 5) is 21.2. The first-order valence-corrected chi connectivity index (χ1v) is 6.94. The van der Waals surface area contributed by atoms with Gasteiger partial charge >= 0.3 is 5.97 Å². The molecule has 0 spiro atoms. The van der Waals surface area contributed by atoms with E-state index in [1.807, 2.05) is 38.6 Å². The first-order chi connectivity index (χ1) is 9.43. The zero-order valence-corrected chi connectivity index (χ0v) is 12.8. The molecule has 0 N–H and O–H groups in total. The fourth-order valence-corrected chi connectivity index (χ4v) is 1.59. The number of nitrogens with zero attached hydrogens (tertiary/aromatic N) is 3. The Morgan fingerprint density at radius 1 is 1.45 bits per heavy atom. The predicted octanol–water partition coefficient (Wildman–Crippen LogP) is 1.87. The molecule has 0 atom stereocenters. The second-order valence-corrected chi connectivity index (χ2v) is 5.31. The van der Waals surface area contributed by atoms with Gasteiger partial charge in [0, 0.05) is 39.0 Å². The zero-order chi connectivity index (χ0) is 15.0. The van der Waals surface area contributed by atoms with Crippen LogP contribution in [0.3, 0.4) is 0 Å². The van der Waals surface area contributed by atoms with Gasteiger partial charge in [-0.3, -0.25) is 9.63 Å². The van der Waals surface area contributed by atoms with Crippen LogP contribution in [0.2, 0.25) is 0 Å². The number of carbonyl (C=O) groups excluding carboxylic acids is 1. The minimum atomic E-state index is -0.513. The number of rotatable bonds is 9. The average molecular weight is 283 g/mol. The van der Waals surface area contributed by atoms with Crippen LogP contribution in [0.1, 0.15) is 33.6 Å². The van der Waals surface area contributed by atoms with E-state index in [2.05, 4.69) is 4.98 Å². The van der Waals surface area contributed by atoms with E-state index < -0.39 is 5.60 Å². The summed E-state index contributed by atoms with van der Waals surface area (Å²) in [6.45, 7) is 7.76. The average Bonchev–Trinajstić information content (AvgIpc) is 2.88. The highest BCUT2D eigenvalue weighted by Crippen LogP contribution is 2.16. The maximum Gasteiger partial charge on any atom is 0.308 e. The highest BCUT2D eigenvalue weighted by Gasteiger charge is 2.22. The van der Waals surface area contributed by atoms with Gasteiger partial charge in [-0.25, -0.2) is 4.98 Å². The predicted molar refractivity (Wildman–Crippen MR) is 75.9 cm³/mol. The summed E-state index contributed by atoms with van der Waals surface area (Å²) in [5, 5.41) is 1.76. The van der Waals surface area contributed by atoms with Crippen molar-refractivity contribution in [2.24, 2.45) is 0 Å². The van der Waals surface area contributed by atoms with Gasteiger partial charge in [0.2, 0.25) is 0 Å². The first kappa shape index (κ1) is 16.7. The third-order valence-electron chi connectivity index (χ3n) is 2.98. The molecule has 0 radical (unpaired) electrons. The monoisotopic (exact) mass is 283 g/mol. The van der Waals surface area contributed by atoms with E-state index >= 15 is 0 Å². The second-order valence-electron chi connectivity index (χ2n) is 5.31. The molecule has 0 unspecified atom stereocenters. The van der Waals surface area contributed by atoms with Crippen LogP contribution < -0.4 is 0 Å². The number of ether oxygens (including phenoxy) is 1. The maximum absolute atomic E-state index is 11.8. The Labute approximate surface area is 120 Å². The number of hydrogen-bond donors (Lipinski definition) is 0. The maximum atomic E-state index is 11.8. The fourth-order valence-electron chi connectivity index (χ4n) is 1.59. The van der Waals surface area contributed by atoms with Crippen molar-refractivity contribution in [2.75, 3.05) is 20.2 Å². The molecule has 6 nitrogen and oxygen atoms in total. The lowest BCUT2D eigenvalue weighted by Gasteiger charge is -2.26. The number of aromatic nitrogens is 2. The van der Waals surface area contributed by atoms with Crippen molar-refractivity contribution >= 4 is 5.97 Å². The molecule has 1 rings (SSSR count). The highest BCUT2D eigenvalue weighted by molar-refractivity contribution is 5.69. The Morgan fingerprint density at radius 3 is 2.80 bits per heavy atom. The van der Waals surface area contributed by atoms with E-state index in [0.29, 0.717) is 26.0 Å². The SMILES string of the molecule is CCN(C)OCCC(C)(C)OC(=O)CCn1ccnc1. The fraction of sp³-hybridized carbons (Fsp3) is 0.714. The minimum absolute atomic E-state index is 0.201. The van der Waals surface area contributed by atoms with Crippen molar-refractivity contribution in [2.45, 2.75) is 45.8 Å². The molecule has 0 amide bonds. The lowest BCUT2D eigenvalue weighted by molar-refractivity contribution is -0.168. The lowest BCUT2D eigenvalue weighted by Crippen LogP contribution is -2.31. The Hall–Kier alpha value is -1.40. The molecule has 20 heavy (non-hydrogen) atoms. The Morgan fingerprint density at radius 2 is 2.20 bits per heavy atom. The number of hydroxylamine groups is 2. The van der Waals surface area contributed by atoms with E-state index in [0.717, 1.165) is 6.54 Å². The summed E-state index contributed by atoms with van der Waals surface area (Å²) in [5.74, 6) is -0.201. The minimum Gasteiger partial charge on any atom is -0.460 e. The molecule has 1 heterocycles. The Bertz CT molecular complexity index is 390. The molecule has 0 bridgehead atoms. The van der Waals surface area contributed by atoms with Crippen LogP contribution in [0.15, 0.2) is 18.7 Å². The van der Waals surface area contributed by atoms with Crippen molar-refractivity contribution in [3.8, 4) is 0 Å². The van der Waals surface area contributed by atoms with Gasteiger partial charge < -0.3 is 9.30 Å². The van der Waals surface area contributed by atoms with E-state index in [9.17, 15) is 4.79 Å². The summed E-state index contributed by atoms with van der Waals surface area (Å²) in [6.07, 6.45) is 6.21. The van der Waals surface area contributed by atoms with Crippen LogP contribution in [-0.2, 0) is 20.9 Å². The third kappa shape index (κ3) is 6.68. The van der Waals surface area contributed by atoms with E-state index in [1.165, 1.54) is 0 Å². The molecule has 0 saturated heterocycles. The Balaban J connectivity index is 2.24. The number of hydrogen-bond acceptors (Lipinski definition) is 5. The smallest absolute Gasteiger partial charge is 0.308 e. The standard InChI is InChI=1S/C14H25N3O3/c1-5-16(4)19-11-7-14(2,3)20-13(18)6-9-17-10-8-15-12-17/h8,10,12H,5-7,9,11H2,1-4H3. The molecule has 0 aromatic carbocycles. The van der Waals surface area contributed by atoms with Gasteiger partial charge in [-0.1, -0.05) is 6.92 Å². The molecular weight excluding hydrogens is 258 g/mol. The molecule has 1 aromatic rings. The quantitative estimate of drug-likeness (QED) is 0.511. The van der Waals surface area contributed by atoms with Crippen LogP contribution in [0, 0.1) is 0 Å². The first-order valence-electron chi connectivity index (χ1n) is 6.94. The second kappa shape index (κ2) is 8.01. The largest absolute Gasteiger partial charge is 0.460 e. The lowest BCUT2D eigenvalue weighted by atomic mass is 10.1. The molecule has 0 aliphatic carbocycles. The number of aryl methyl sites for hydroxylation is 1. The summed E-state index contributed by atoms with van der Waals surface area (Å²) in [5.41, 5.74) is -0.513. The number of esters is 1. The van der Waals surface area contributed by atoms with Gasteiger partial charge in [-0.05, 0) is 13.8 Å². The van der Waals surface area contributed by atoms with Crippen molar-refractivity contribution in [3.05, 3.63) is 18.7 Å². The molecule has 0 aliphatic heterocycles. The Kier molecular flexibility index (Phi) is 6.67. The molecular formula is C14H25N3O3. The van der Waals surface area contributed by atoms with Crippen molar-refractivity contribution < 1.29 is 14.4 Å². The summed E-state index contributed by atoms with van der Waals surface area (Å²) < 4.78 is 7.34. The molecule has 0 fully saturated rings. The number of carbonyl (C=O) groups is 1. The normalized spacial score (nSPS) is 11.8. The van der Waals surface area contributed by atoms with Gasteiger partial charge in [-0.15, -0.1) is 0 Å². The molecule has 0 saturated carbocycles. The van der Waals surface area contributed by atoms with Crippen LogP contribution in [0.25, 0.3) is 0 Å². The topological polar surface area (TPSA) is 56.6 Å². The summed E-state index contributed by atoms with van der Waals surface area (Å²) >= 11 is 0. The molecule has 0 aliphatic rings. The summed E-state index contributed by atoms with van der Waals surface area (Å²) in [7, 11) is 1.88. The van der Waals surface area contributed by atoms with Crippen LogP contribution in [0.4, 0.5) is 0 Å². The summed E-state index contributed by atoms with van der Waals surface area (Å²) in [6, 6.07) is 0. The number of imidazole rings is 1. The van der Waals surface area contributed by atoms with Gasteiger partial charge in [0.25, 0.3) is 0 Å². The van der Waals surface area contributed by atoms with E-state index in [1.54, 1.807) is 17.6 Å². The van der Waals surface area contributed by atoms with Crippen molar-refractivity contribution in [1.29, 1.82) is 0 Å². The van der Waals surface area contributed by atoms with Crippen LogP contribution >= 0.6 is 0 Å². The van der Waals surface area contributed by atoms with E-state index in [4.69, 9.17) is 9.57 Å². The van der Waals surface area contributed by atoms with Gasteiger partial charge in [-0.2, -0.15) is 5.06 Å². The van der Waals surface area contributed by atoms with Crippen molar-refractivity contribution in [3.63, 3.8) is 0 Å². The van der Waals surface area contributed by atoms with Crippen LogP contribution in [-0.4, -0.2) is 46.4 Å². The zero-order valence-electron chi connectivity index (χ0n) is 12.8. The third-order valence-corrected chi connectivity index (χ3v) is 2.98. The van der Waals surface area contributed by atoms with Gasteiger partial charge in [0.15, 0.2) is 0 Å². The van der Waals surface area contributed by atoms with Gasteiger partial charge in [0.1, 0.15) is 5.60 Å². The molecule has 6 heteroatoms. The highest BCUT2D eigenvalue weighted by atomic mass is 16.7. The van der Waals surface area contributed by atoms with Crippen molar-refractivity contribution in [1.82, 2.24) is 14.6 Å². The van der Waals surface area contributed by atoms with Crippen LogP contribution in [0.5, 0.6) is 0 Å². The van der Waals surface area contributed by atoms with Gasteiger partial charge in [0.05, 0.1) is 19.4 Å². The molecule has 1 aromatic heterocycles. The molecule has 114 valence electrons. The van der Waals surface area contributed by atoms with E-state index in [-0.39, 0.29) is 5.97 Å².